The van der Waals surface area contributed by atoms with E-state index in [9.17, 15) is 9.18 Å². The topological polar surface area (TPSA) is 41.6 Å². The number of halogens is 1. The number of carbonyl (C=O) groups excluding carboxylic acids is 1. The van der Waals surface area contributed by atoms with Gasteiger partial charge in [-0.2, -0.15) is 0 Å². The normalized spacial score (nSPS) is 17.8. The van der Waals surface area contributed by atoms with Crippen LogP contribution in [0.4, 0.5) is 4.39 Å². The summed E-state index contributed by atoms with van der Waals surface area (Å²) < 4.78 is 18.6. The standard InChI is InChI=1S/C16H23FN2O2/c1-3-8-19(13-6-7-18-11-13)16(20)10-12-4-5-15(21-2)14(17)9-12/h4-5,9,13,18H,3,6-8,10-11H2,1-2H3. The molecule has 0 aliphatic carbocycles. The highest BCUT2D eigenvalue weighted by Gasteiger charge is 2.25. The number of amides is 1. The predicted molar refractivity (Wildman–Crippen MR) is 79.9 cm³/mol. The zero-order chi connectivity index (χ0) is 15.2. The molecule has 1 N–H and O–H groups in total. The van der Waals surface area contributed by atoms with Crippen LogP contribution < -0.4 is 10.1 Å². The van der Waals surface area contributed by atoms with Crippen LogP contribution >= 0.6 is 0 Å². The summed E-state index contributed by atoms with van der Waals surface area (Å²) in [5.74, 6) is -0.154. The summed E-state index contributed by atoms with van der Waals surface area (Å²) in [6.45, 7) is 4.62. The molecule has 0 aromatic heterocycles. The third kappa shape index (κ3) is 3.94. The zero-order valence-electron chi connectivity index (χ0n) is 12.7. The molecule has 116 valence electrons. The molecule has 21 heavy (non-hydrogen) atoms. The molecule has 1 aliphatic rings. The van der Waals surface area contributed by atoms with Gasteiger partial charge in [0.25, 0.3) is 0 Å². The minimum absolute atomic E-state index is 0.0649. The first kappa shape index (κ1) is 15.8. The van der Waals surface area contributed by atoms with Crippen LogP contribution in [0.1, 0.15) is 25.3 Å². The van der Waals surface area contributed by atoms with Crippen molar-refractivity contribution >= 4 is 5.91 Å². The summed E-state index contributed by atoms with van der Waals surface area (Å²) in [6.07, 6.45) is 2.15. The summed E-state index contributed by atoms with van der Waals surface area (Å²) in [5, 5.41) is 3.28. The van der Waals surface area contributed by atoms with Crippen molar-refractivity contribution in [3.05, 3.63) is 29.6 Å². The second kappa shape index (κ2) is 7.41. The number of methoxy groups -OCH3 is 1. The second-order valence-corrected chi connectivity index (χ2v) is 5.38. The van der Waals surface area contributed by atoms with Crippen LogP contribution in [0.3, 0.4) is 0 Å². The van der Waals surface area contributed by atoms with Gasteiger partial charge in [-0.05, 0) is 37.1 Å². The molecule has 1 aliphatic heterocycles. The summed E-state index contributed by atoms with van der Waals surface area (Å²) in [5.41, 5.74) is 0.686. The molecule has 4 nitrogen and oxygen atoms in total. The molecule has 1 heterocycles. The third-order valence-electron chi connectivity index (χ3n) is 3.83. The Hall–Kier alpha value is -1.62. The molecule has 1 fully saturated rings. The minimum atomic E-state index is -0.424. The molecule has 0 radical (unpaired) electrons. The number of ether oxygens (including phenoxy) is 1. The molecule has 0 saturated carbocycles. The van der Waals surface area contributed by atoms with Crippen molar-refractivity contribution in [1.82, 2.24) is 10.2 Å². The Morgan fingerprint density at radius 3 is 2.90 bits per heavy atom. The fourth-order valence-electron chi connectivity index (χ4n) is 2.75. The van der Waals surface area contributed by atoms with Gasteiger partial charge in [-0.25, -0.2) is 4.39 Å². The number of benzene rings is 1. The number of hydrogen-bond donors (Lipinski definition) is 1. The van der Waals surface area contributed by atoms with Crippen molar-refractivity contribution in [3.8, 4) is 5.75 Å². The quantitative estimate of drug-likeness (QED) is 0.872. The molecule has 1 unspecified atom stereocenters. The molecule has 1 saturated heterocycles. The lowest BCUT2D eigenvalue weighted by Gasteiger charge is -2.28. The molecule has 1 aromatic carbocycles. The first-order valence-corrected chi connectivity index (χ1v) is 7.48. The van der Waals surface area contributed by atoms with Gasteiger partial charge in [0.1, 0.15) is 0 Å². The maximum absolute atomic E-state index is 13.7. The lowest BCUT2D eigenvalue weighted by molar-refractivity contribution is -0.132. The fourth-order valence-corrected chi connectivity index (χ4v) is 2.75. The van der Waals surface area contributed by atoms with Crippen LogP contribution in [0.15, 0.2) is 18.2 Å². The van der Waals surface area contributed by atoms with E-state index in [0.29, 0.717) is 5.56 Å². The maximum atomic E-state index is 13.7. The maximum Gasteiger partial charge on any atom is 0.227 e. The van der Waals surface area contributed by atoms with Gasteiger partial charge in [-0.3, -0.25) is 4.79 Å². The summed E-state index contributed by atoms with van der Waals surface area (Å²) in [6, 6.07) is 4.96. The van der Waals surface area contributed by atoms with Gasteiger partial charge in [0, 0.05) is 19.1 Å². The molecule has 1 atom stereocenters. The van der Waals surface area contributed by atoms with Gasteiger partial charge in [-0.15, -0.1) is 0 Å². The van der Waals surface area contributed by atoms with Crippen molar-refractivity contribution in [2.75, 3.05) is 26.7 Å². The number of nitrogens with zero attached hydrogens (tertiary/aromatic N) is 1. The fraction of sp³-hybridized carbons (Fsp3) is 0.562. The van der Waals surface area contributed by atoms with E-state index in [1.165, 1.54) is 13.2 Å². The number of rotatable bonds is 6. The smallest absolute Gasteiger partial charge is 0.227 e. The third-order valence-corrected chi connectivity index (χ3v) is 3.83. The van der Waals surface area contributed by atoms with Crippen LogP contribution in [-0.4, -0.2) is 43.6 Å². The first-order valence-electron chi connectivity index (χ1n) is 7.48. The SMILES string of the molecule is CCCN(C(=O)Cc1ccc(OC)c(F)c1)C1CCNC1. The van der Waals surface area contributed by atoms with E-state index in [2.05, 4.69) is 12.2 Å². The number of carbonyl (C=O) groups is 1. The van der Waals surface area contributed by atoms with Crippen LogP contribution in [0, 0.1) is 5.82 Å². The summed E-state index contributed by atoms with van der Waals surface area (Å²) in [7, 11) is 1.43. The van der Waals surface area contributed by atoms with Crippen LogP contribution in [0.25, 0.3) is 0 Å². The van der Waals surface area contributed by atoms with E-state index in [1.807, 2.05) is 4.90 Å². The molecule has 1 amide bonds. The Bertz CT molecular complexity index is 487. The van der Waals surface area contributed by atoms with E-state index >= 15 is 0 Å². The Kier molecular flexibility index (Phi) is 5.56. The Labute approximate surface area is 125 Å². The molecule has 2 rings (SSSR count). The highest BCUT2D eigenvalue weighted by molar-refractivity contribution is 5.79. The lowest BCUT2D eigenvalue weighted by atomic mass is 10.1. The Balaban J connectivity index is 2.05. The number of nitrogens with one attached hydrogen (secondary N) is 1. The van der Waals surface area contributed by atoms with Crippen LogP contribution in [0.2, 0.25) is 0 Å². The van der Waals surface area contributed by atoms with Crippen molar-refractivity contribution in [1.29, 1.82) is 0 Å². The minimum Gasteiger partial charge on any atom is -0.494 e. The van der Waals surface area contributed by atoms with Crippen LogP contribution in [-0.2, 0) is 11.2 Å². The predicted octanol–water partition coefficient (Wildman–Crippen LogP) is 1.98. The second-order valence-electron chi connectivity index (χ2n) is 5.38. The summed E-state index contributed by atoms with van der Waals surface area (Å²) in [4.78, 5) is 14.4. The van der Waals surface area contributed by atoms with Gasteiger partial charge in [0.15, 0.2) is 11.6 Å². The summed E-state index contributed by atoms with van der Waals surface area (Å²) >= 11 is 0. The highest BCUT2D eigenvalue weighted by Crippen LogP contribution is 2.19. The van der Waals surface area contributed by atoms with E-state index in [4.69, 9.17) is 4.74 Å². The largest absolute Gasteiger partial charge is 0.494 e. The van der Waals surface area contributed by atoms with Gasteiger partial charge < -0.3 is 15.0 Å². The number of hydrogen-bond acceptors (Lipinski definition) is 3. The first-order chi connectivity index (χ1) is 10.2. The van der Waals surface area contributed by atoms with E-state index in [1.54, 1.807) is 12.1 Å². The van der Waals surface area contributed by atoms with Crippen LogP contribution in [0.5, 0.6) is 5.75 Å². The van der Waals surface area contributed by atoms with Gasteiger partial charge in [-0.1, -0.05) is 13.0 Å². The van der Waals surface area contributed by atoms with E-state index in [-0.39, 0.29) is 24.1 Å². The Morgan fingerprint density at radius 1 is 1.52 bits per heavy atom. The molecular weight excluding hydrogens is 271 g/mol. The molecule has 5 heteroatoms. The Morgan fingerprint density at radius 2 is 2.33 bits per heavy atom. The molecule has 1 aromatic rings. The van der Waals surface area contributed by atoms with Gasteiger partial charge >= 0.3 is 0 Å². The van der Waals surface area contributed by atoms with E-state index in [0.717, 1.165) is 32.5 Å². The lowest BCUT2D eigenvalue weighted by Crippen LogP contribution is -2.42. The van der Waals surface area contributed by atoms with Crippen molar-refractivity contribution < 1.29 is 13.9 Å². The van der Waals surface area contributed by atoms with Crippen molar-refractivity contribution in [3.63, 3.8) is 0 Å². The van der Waals surface area contributed by atoms with E-state index < -0.39 is 5.82 Å². The van der Waals surface area contributed by atoms with Gasteiger partial charge in [0.2, 0.25) is 5.91 Å². The molecular formula is C16H23FN2O2. The van der Waals surface area contributed by atoms with Crippen molar-refractivity contribution in [2.45, 2.75) is 32.2 Å². The zero-order valence-corrected chi connectivity index (χ0v) is 12.7. The molecule has 0 bridgehead atoms. The van der Waals surface area contributed by atoms with Crippen molar-refractivity contribution in [2.24, 2.45) is 0 Å². The average Bonchev–Trinajstić information content (AvgIpc) is 2.98. The monoisotopic (exact) mass is 294 g/mol. The molecule has 0 spiro atoms. The average molecular weight is 294 g/mol. The van der Waals surface area contributed by atoms with Gasteiger partial charge in [0.05, 0.1) is 13.5 Å². The highest BCUT2D eigenvalue weighted by atomic mass is 19.1.